The van der Waals surface area contributed by atoms with Crippen LogP contribution in [0.2, 0.25) is 0 Å². The third-order valence-corrected chi connectivity index (χ3v) is 2.63. The Bertz CT molecular complexity index is 432. The molecule has 4 N–H and O–H groups in total. The molecular weight excluding hydrogens is 232 g/mol. The van der Waals surface area contributed by atoms with Gasteiger partial charge in [-0.05, 0) is 18.9 Å². The molecule has 0 fully saturated rings. The van der Waals surface area contributed by atoms with Crippen molar-refractivity contribution in [2.75, 3.05) is 0 Å². The summed E-state index contributed by atoms with van der Waals surface area (Å²) in [6, 6.07) is 7.25. The zero-order chi connectivity index (χ0) is 13.5. The number of carbonyl (C=O) groups excluding carboxylic acids is 1. The number of nitrogens with two attached hydrogens (primary N) is 1. The fraction of sp³-hybridized carbons (Fsp3) is 0.385. The Labute approximate surface area is 106 Å². The minimum Gasteiger partial charge on any atom is -0.481 e. The second-order valence-electron chi connectivity index (χ2n) is 4.26. The molecule has 0 radical (unpaired) electrons. The molecule has 0 heterocycles. The number of rotatable bonds is 7. The summed E-state index contributed by atoms with van der Waals surface area (Å²) in [5.41, 5.74) is 7.40. The number of hydrogen-bond acceptors (Lipinski definition) is 3. The van der Waals surface area contributed by atoms with Crippen LogP contribution in [-0.4, -0.2) is 23.0 Å². The highest BCUT2D eigenvalue weighted by Gasteiger charge is 2.15. The Balaban J connectivity index is 2.51. The fourth-order valence-corrected chi connectivity index (χ4v) is 1.68. The molecule has 0 aliphatic heterocycles. The third kappa shape index (κ3) is 4.97. The largest absolute Gasteiger partial charge is 0.481 e. The summed E-state index contributed by atoms with van der Waals surface area (Å²) in [5, 5.41) is 11.6. The summed E-state index contributed by atoms with van der Waals surface area (Å²) in [4.78, 5) is 21.6. The summed E-state index contributed by atoms with van der Waals surface area (Å²) in [6.45, 7) is 2.48. The van der Waals surface area contributed by atoms with E-state index >= 15 is 0 Å². The standard InChI is InChI=1S/C13H18N2O3/c1-9-3-2-4-10(7-9)8-15-11(13(14)18)5-6-12(16)17/h2-4,7,11,15H,5-6,8H2,1H3,(H2,14,18)(H,16,17)/t11-/m0/s1. The first-order chi connectivity index (χ1) is 8.49. The van der Waals surface area contributed by atoms with Crippen molar-refractivity contribution in [3.05, 3.63) is 35.4 Å². The van der Waals surface area contributed by atoms with Gasteiger partial charge in [0, 0.05) is 13.0 Å². The Kier molecular flexibility index (Phi) is 5.32. The monoisotopic (exact) mass is 250 g/mol. The van der Waals surface area contributed by atoms with Crippen LogP contribution in [0.5, 0.6) is 0 Å². The summed E-state index contributed by atoms with van der Waals surface area (Å²) in [5.74, 6) is -1.46. The van der Waals surface area contributed by atoms with Crippen molar-refractivity contribution < 1.29 is 14.7 Å². The van der Waals surface area contributed by atoms with E-state index in [-0.39, 0.29) is 12.8 Å². The molecule has 0 unspecified atom stereocenters. The van der Waals surface area contributed by atoms with Crippen molar-refractivity contribution in [3.63, 3.8) is 0 Å². The molecule has 1 amide bonds. The average molecular weight is 250 g/mol. The Hall–Kier alpha value is -1.88. The summed E-state index contributed by atoms with van der Waals surface area (Å²) in [6.07, 6.45) is 0.130. The molecule has 0 saturated carbocycles. The van der Waals surface area contributed by atoms with Gasteiger partial charge < -0.3 is 16.2 Å². The first-order valence-corrected chi connectivity index (χ1v) is 5.79. The molecule has 0 aliphatic rings. The van der Waals surface area contributed by atoms with Gasteiger partial charge in [0.25, 0.3) is 0 Å². The predicted octanol–water partition coefficient (Wildman–Crippen LogP) is 0.803. The lowest BCUT2D eigenvalue weighted by molar-refractivity contribution is -0.137. The van der Waals surface area contributed by atoms with Gasteiger partial charge in [0.05, 0.1) is 6.04 Å². The maximum atomic E-state index is 11.2. The van der Waals surface area contributed by atoms with Gasteiger partial charge in [0.1, 0.15) is 0 Å². The molecule has 5 nitrogen and oxygen atoms in total. The van der Waals surface area contributed by atoms with E-state index in [9.17, 15) is 9.59 Å². The van der Waals surface area contributed by atoms with E-state index in [1.165, 1.54) is 0 Å². The van der Waals surface area contributed by atoms with Gasteiger partial charge >= 0.3 is 5.97 Å². The number of carboxylic acid groups (broad SMARTS) is 1. The lowest BCUT2D eigenvalue weighted by Crippen LogP contribution is -2.41. The second-order valence-corrected chi connectivity index (χ2v) is 4.26. The minimum absolute atomic E-state index is 0.0750. The molecule has 98 valence electrons. The SMILES string of the molecule is Cc1cccc(CN[C@@H](CCC(=O)O)C(N)=O)c1. The van der Waals surface area contributed by atoms with Crippen LogP contribution in [0.25, 0.3) is 0 Å². The highest BCUT2D eigenvalue weighted by atomic mass is 16.4. The lowest BCUT2D eigenvalue weighted by Gasteiger charge is -2.14. The second kappa shape index (κ2) is 6.76. The Morgan fingerprint density at radius 2 is 2.17 bits per heavy atom. The van der Waals surface area contributed by atoms with Crippen LogP contribution in [0.1, 0.15) is 24.0 Å². The van der Waals surface area contributed by atoms with Crippen LogP contribution in [0.15, 0.2) is 24.3 Å². The molecule has 0 spiro atoms. The molecule has 0 bridgehead atoms. The smallest absolute Gasteiger partial charge is 0.303 e. The van der Waals surface area contributed by atoms with E-state index in [1.807, 2.05) is 31.2 Å². The van der Waals surface area contributed by atoms with Crippen molar-refractivity contribution in [2.45, 2.75) is 32.4 Å². The van der Waals surface area contributed by atoms with Crippen LogP contribution in [0.3, 0.4) is 0 Å². The van der Waals surface area contributed by atoms with E-state index in [0.29, 0.717) is 6.54 Å². The fourth-order valence-electron chi connectivity index (χ4n) is 1.68. The maximum absolute atomic E-state index is 11.2. The molecule has 1 aromatic carbocycles. The van der Waals surface area contributed by atoms with Gasteiger partial charge in [-0.1, -0.05) is 29.8 Å². The van der Waals surface area contributed by atoms with Gasteiger partial charge in [-0.25, -0.2) is 0 Å². The zero-order valence-corrected chi connectivity index (χ0v) is 10.3. The van der Waals surface area contributed by atoms with E-state index in [2.05, 4.69) is 5.32 Å². The molecule has 1 rings (SSSR count). The van der Waals surface area contributed by atoms with Crippen molar-refractivity contribution in [1.82, 2.24) is 5.32 Å². The normalized spacial score (nSPS) is 12.1. The van der Waals surface area contributed by atoms with Crippen LogP contribution >= 0.6 is 0 Å². The van der Waals surface area contributed by atoms with Gasteiger partial charge in [-0.3, -0.25) is 9.59 Å². The molecule has 0 aromatic heterocycles. The predicted molar refractivity (Wildman–Crippen MR) is 67.9 cm³/mol. The van der Waals surface area contributed by atoms with Gasteiger partial charge in [0.2, 0.25) is 5.91 Å². The maximum Gasteiger partial charge on any atom is 0.303 e. The van der Waals surface area contributed by atoms with Crippen molar-refractivity contribution in [1.29, 1.82) is 0 Å². The minimum atomic E-state index is -0.932. The topological polar surface area (TPSA) is 92.4 Å². The van der Waals surface area contributed by atoms with Crippen LogP contribution < -0.4 is 11.1 Å². The molecule has 0 aliphatic carbocycles. The molecule has 18 heavy (non-hydrogen) atoms. The number of primary amides is 1. The Morgan fingerprint density at radius 1 is 1.44 bits per heavy atom. The number of hydrogen-bond donors (Lipinski definition) is 3. The van der Waals surface area contributed by atoms with Gasteiger partial charge in [-0.2, -0.15) is 0 Å². The first-order valence-electron chi connectivity index (χ1n) is 5.79. The number of aryl methyl sites for hydroxylation is 1. The van der Waals surface area contributed by atoms with E-state index in [1.54, 1.807) is 0 Å². The molecule has 1 aromatic rings. The highest BCUT2D eigenvalue weighted by molar-refractivity contribution is 5.80. The molecule has 5 heteroatoms. The number of benzene rings is 1. The molecule has 0 saturated heterocycles. The highest BCUT2D eigenvalue weighted by Crippen LogP contribution is 2.05. The van der Waals surface area contributed by atoms with Crippen LogP contribution in [0, 0.1) is 6.92 Å². The van der Waals surface area contributed by atoms with Crippen molar-refractivity contribution in [3.8, 4) is 0 Å². The average Bonchev–Trinajstić information content (AvgIpc) is 2.28. The quantitative estimate of drug-likeness (QED) is 0.667. The molecule has 1 atom stereocenters. The third-order valence-electron chi connectivity index (χ3n) is 2.63. The van der Waals surface area contributed by atoms with Gasteiger partial charge in [0.15, 0.2) is 0 Å². The van der Waals surface area contributed by atoms with E-state index in [4.69, 9.17) is 10.8 Å². The lowest BCUT2D eigenvalue weighted by atomic mass is 10.1. The number of carbonyl (C=O) groups is 2. The van der Waals surface area contributed by atoms with Crippen LogP contribution in [0.4, 0.5) is 0 Å². The number of nitrogens with one attached hydrogen (secondary N) is 1. The first kappa shape index (κ1) is 14.2. The number of amides is 1. The van der Waals surface area contributed by atoms with Gasteiger partial charge in [-0.15, -0.1) is 0 Å². The summed E-state index contributed by atoms with van der Waals surface area (Å²) >= 11 is 0. The summed E-state index contributed by atoms with van der Waals surface area (Å²) < 4.78 is 0. The van der Waals surface area contributed by atoms with Crippen molar-refractivity contribution in [2.24, 2.45) is 5.73 Å². The zero-order valence-electron chi connectivity index (χ0n) is 10.3. The Morgan fingerprint density at radius 3 is 2.72 bits per heavy atom. The molecular formula is C13H18N2O3. The van der Waals surface area contributed by atoms with Crippen molar-refractivity contribution >= 4 is 11.9 Å². The summed E-state index contributed by atoms with van der Waals surface area (Å²) in [7, 11) is 0. The number of aliphatic carboxylic acids is 1. The number of carboxylic acids is 1. The van der Waals surface area contributed by atoms with E-state index < -0.39 is 17.9 Å². The van der Waals surface area contributed by atoms with E-state index in [0.717, 1.165) is 11.1 Å². The van der Waals surface area contributed by atoms with Crippen LogP contribution in [-0.2, 0) is 16.1 Å².